The molecule has 33 heavy (non-hydrogen) atoms. The standard InChI is InChI=1S/C24H22F6N2O/c1-5-8-32-20-7-6-15(13(2)3)9-19(20)14(4)21(32)22(33)31-18-11-16(23(25,26)27)10-17(12-18)24(28,29)30/h5-7,9-13H,1,8H2,2-4H3,(H,31,33). The van der Waals surface area contributed by atoms with Crippen LogP contribution in [0.15, 0.2) is 49.1 Å². The van der Waals surface area contributed by atoms with Gasteiger partial charge in [-0.1, -0.05) is 26.0 Å². The molecule has 0 spiro atoms. The van der Waals surface area contributed by atoms with Crippen LogP contribution in [0.3, 0.4) is 0 Å². The number of halogens is 6. The number of anilines is 1. The second kappa shape index (κ2) is 8.61. The summed E-state index contributed by atoms with van der Waals surface area (Å²) >= 11 is 0. The average molecular weight is 468 g/mol. The van der Waals surface area contributed by atoms with Crippen LogP contribution in [-0.4, -0.2) is 10.5 Å². The van der Waals surface area contributed by atoms with Gasteiger partial charge in [0.05, 0.1) is 11.1 Å². The summed E-state index contributed by atoms with van der Waals surface area (Å²) in [5.41, 5.74) is -1.16. The van der Waals surface area contributed by atoms with Crippen LogP contribution in [0, 0.1) is 6.92 Å². The number of amides is 1. The number of carbonyl (C=O) groups is 1. The van der Waals surface area contributed by atoms with Gasteiger partial charge >= 0.3 is 12.4 Å². The predicted molar refractivity (Wildman–Crippen MR) is 115 cm³/mol. The molecule has 0 fully saturated rings. The molecule has 0 bridgehead atoms. The molecule has 0 atom stereocenters. The minimum atomic E-state index is -5.01. The molecule has 9 heteroatoms. The number of hydrogen-bond donors (Lipinski definition) is 1. The van der Waals surface area contributed by atoms with E-state index in [9.17, 15) is 31.1 Å². The van der Waals surface area contributed by atoms with E-state index < -0.39 is 35.1 Å². The lowest BCUT2D eigenvalue weighted by molar-refractivity contribution is -0.143. The number of allylic oxidation sites excluding steroid dienone is 1. The highest BCUT2D eigenvalue weighted by Gasteiger charge is 2.37. The molecule has 0 aliphatic carbocycles. The van der Waals surface area contributed by atoms with Gasteiger partial charge in [-0.05, 0) is 54.3 Å². The van der Waals surface area contributed by atoms with Gasteiger partial charge in [0, 0.05) is 23.1 Å². The highest BCUT2D eigenvalue weighted by Crippen LogP contribution is 2.38. The van der Waals surface area contributed by atoms with Gasteiger partial charge in [0.2, 0.25) is 0 Å². The van der Waals surface area contributed by atoms with Crippen LogP contribution in [0.4, 0.5) is 32.0 Å². The number of carbonyl (C=O) groups excluding carboxylic acids is 1. The summed E-state index contributed by atoms with van der Waals surface area (Å²) in [7, 11) is 0. The van der Waals surface area contributed by atoms with Crippen molar-refractivity contribution < 1.29 is 31.1 Å². The zero-order valence-corrected chi connectivity index (χ0v) is 18.2. The third kappa shape index (κ3) is 4.91. The van der Waals surface area contributed by atoms with Gasteiger partial charge in [-0.2, -0.15) is 26.3 Å². The Labute approximate surface area is 186 Å². The predicted octanol–water partition coefficient (Wildman–Crippen LogP) is 7.55. The second-order valence-corrected chi connectivity index (χ2v) is 8.05. The van der Waals surface area contributed by atoms with E-state index in [2.05, 4.69) is 11.9 Å². The highest BCUT2D eigenvalue weighted by molar-refractivity contribution is 6.08. The molecule has 0 unspecified atom stereocenters. The first-order valence-corrected chi connectivity index (χ1v) is 10.1. The highest BCUT2D eigenvalue weighted by atomic mass is 19.4. The molecule has 2 aromatic carbocycles. The molecule has 1 N–H and O–H groups in total. The molecule has 3 nitrogen and oxygen atoms in total. The summed E-state index contributed by atoms with van der Waals surface area (Å²) in [5.74, 6) is -0.594. The van der Waals surface area contributed by atoms with Gasteiger partial charge in [-0.25, -0.2) is 0 Å². The molecule has 3 rings (SSSR count). The van der Waals surface area contributed by atoms with E-state index in [1.807, 2.05) is 32.0 Å². The number of fused-ring (bicyclic) bond motifs is 1. The van der Waals surface area contributed by atoms with E-state index in [4.69, 9.17) is 0 Å². The Morgan fingerprint density at radius 3 is 2.09 bits per heavy atom. The number of aryl methyl sites for hydroxylation is 1. The summed E-state index contributed by atoms with van der Waals surface area (Å²) in [6.45, 7) is 9.61. The molecule has 0 saturated heterocycles. The molecule has 0 saturated carbocycles. The molecule has 176 valence electrons. The van der Waals surface area contributed by atoms with Crippen LogP contribution < -0.4 is 5.32 Å². The molecule has 1 aromatic heterocycles. The average Bonchev–Trinajstić information content (AvgIpc) is 2.98. The fourth-order valence-electron chi connectivity index (χ4n) is 3.73. The molecule has 1 amide bonds. The van der Waals surface area contributed by atoms with Gasteiger partial charge in [-0.3, -0.25) is 4.79 Å². The Kier molecular flexibility index (Phi) is 6.37. The maximum Gasteiger partial charge on any atom is 0.416 e. The smallest absolute Gasteiger partial charge is 0.332 e. The fourth-order valence-corrected chi connectivity index (χ4v) is 3.73. The molecular weight excluding hydrogens is 446 g/mol. The lowest BCUT2D eigenvalue weighted by Gasteiger charge is -2.15. The topological polar surface area (TPSA) is 34.0 Å². The molecule has 0 radical (unpaired) electrons. The second-order valence-electron chi connectivity index (χ2n) is 8.05. The Morgan fingerprint density at radius 1 is 1.03 bits per heavy atom. The lowest BCUT2D eigenvalue weighted by atomic mass is 10.0. The van der Waals surface area contributed by atoms with Crippen molar-refractivity contribution in [3.8, 4) is 0 Å². The zero-order chi connectivity index (χ0) is 24.7. The van der Waals surface area contributed by atoms with Crippen molar-refractivity contribution in [1.29, 1.82) is 0 Å². The Morgan fingerprint density at radius 2 is 1.61 bits per heavy atom. The third-order valence-corrected chi connectivity index (χ3v) is 5.38. The van der Waals surface area contributed by atoms with Crippen LogP contribution in [0.25, 0.3) is 10.9 Å². The van der Waals surface area contributed by atoms with Crippen LogP contribution in [0.2, 0.25) is 0 Å². The molecular formula is C24H22F6N2O. The van der Waals surface area contributed by atoms with E-state index >= 15 is 0 Å². The van der Waals surface area contributed by atoms with E-state index in [1.54, 1.807) is 17.6 Å². The van der Waals surface area contributed by atoms with Crippen LogP contribution in [0.1, 0.15) is 52.5 Å². The Balaban J connectivity index is 2.13. The van der Waals surface area contributed by atoms with Gasteiger partial charge in [0.1, 0.15) is 5.69 Å². The normalized spacial score (nSPS) is 12.4. The first-order chi connectivity index (χ1) is 15.2. The van der Waals surface area contributed by atoms with E-state index in [1.165, 1.54) is 0 Å². The number of alkyl halides is 6. The number of nitrogens with zero attached hydrogens (tertiary/aromatic N) is 1. The molecule has 3 aromatic rings. The number of benzene rings is 2. The van der Waals surface area contributed by atoms with Gasteiger partial charge in [0.15, 0.2) is 0 Å². The Hall–Kier alpha value is -3.23. The number of rotatable bonds is 5. The first-order valence-electron chi connectivity index (χ1n) is 10.1. The van der Waals surface area contributed by atoms with Gasteiger partial charge in [0.25, 0.3) is 5.91 Å². The maximum atomic E-state index is 13.2. The van der Waals surface area contributed by atoms with Crippen molar-refractivity contribution >= 4 is 22.5 Å². The monoisotopic (exact) mass is 468 g/mol. The SMILES string of the molecule is C=CCn1c(C(=O)Nc2cc(C(F)(F)F)cc(C(F)(F)F)c2)c(C)c2cc(C(C)C)ccc21. The number of hydrogen-bond acceptors (Lipinski definition) is 1. The van der Waals surface area contributed by atoms with E-state index in [-0.39, 0.29) is 24.2 Å². The van der Waals surface area contributed by atoms with Crippen molar-refractivity contribution in [3.63, 3.8) is 0 Å². The quantitative estimate of drug-likeness (QED) is 0.304. The summed E-state index contributed by atoms with van der Waals surface area (Å²) in [6.07, 6.45) is -8.47. The van der Waals surface area contributed by atoms with Gasteiger partial charge in [-0.15, -0.1) is 6.58 Å². The summed E-state index contributed by atoms with van der Waals surface area (Å²) in [6, 6.07) is 6.67. The van der Waals surface area contributed by atoms with Crippen molar-refractivity contribution in [2.75, 3.05) is 5.32 Å². The van der Waals surface area contributed by atoms with E-state index in [0.717, 1.165) is 10.9 Å². The van der Waals surface area contributed by atoms with Crippen LogP contribution >= 0.6 is 0 Å². The zero-order valence-electron chi connectivity index (χ0n) is 18.2. The fraction of sp³-hybridized carbons (Fsp3) is 0.292. The summed E-state index contributed by atoms with van der Waals surface area (Å²) in [5, 5.41) is 3.00. The van der Waals surface area contributed by atoms with Crippen molar-refractivity contribution in [3.05, 3.63) is 77.0 Å². The van der Waals surface area contributed by atoms with Crippen LogP contribution in [0.5, 0.6) is 0 Å². The van der Waals surface area contributed by atoms with Gasteiger partial charge < -0.3 is 9.88 Å². The van der Waals surface area contributed by atoms with E-state index in [0.29, 0.717) is 23.2 Å². The van der Waals surface area contributed by atoms with Crippen molar-refractivity contribution in [2.24, 2.45) is 0 Å². The molecule has 0 aliphatic rings. The first kappa shape index (κ1) is 24.4. The number of nitrogens with one attached hydrogen (secondary N) is 1. The minimum absolute atomic E-state index is 0.0169. The largest absolute Gasteiger partial charge is 0.416 e. The maximum absolute atomic E-state index is 13.2. The lowest BCUT2D eigenvalue weighted by Crippen LogP contribution is -2.19. The third-order valence-electron chi connectivity index (χ3n) is 5.38. The molecule has 1 heterocycles. The van der Waals surface area contributed by atoms with Crippen molar-refractivity contribution in [2.45, 2.75) is 45.6 Å². The molecule has 0 aliphatic heterocycles. The summed E-state index contributed by atoms with van der Waals surface area (Å²) < 4.78 is 80.7. The van der Waals surface area contributed by atoms with Crippen LogP contribution in [-0.2, 0) is 18.9 Å². The Bertz CT molecular complexity index is 1190. The van der Waals surface area contributed by atoms with Crippen molar-refractivity contribution in [1.82, 2.24) is 4.57 Å². The minimum Gasteiger partial charge on any atom is -0.332 e. The number of aromatic nitrogens is 1. The summed E-state index contributed by atoms with van der Waals surface area (Å²) in [4.78, 5) is 13.1.